The monoisotopic (exact) mass is 409 g/mol. The van der Waals surface area contributed by atoms with Gasteiger partial charge in [0.2, 0.25) is 0 Å². The predicted octanol–water partition coefficient (Wildman–Crippen LogP) is 4.49. The third-order valence-corrected chi connectivity index (χ3v) is 5.87. The quantitative estimate of drug-likeness (QED) is 0.715. The number of halogens is 2. The molecule has 5 nitrogen and oxygen atoms in total. The number of hydrogen-bond acceptors (Lipinski definition) is 4. The minimum absolute atomic E-state index is 0.0945. The average molecular weight is 410 g/mol. The van der Waals surface area contributed by atoms with Gasteiger partial charge in [0.05, 0.1) is 17.2 Å². The van der Waals surface area contributed by atoms with Crippen LogP contribution in [0.15, 0.2) is 23.6 Å². The number of amides is 3. The summed E-state index contributed by atoms with van der Waals surface area (Å²) in [6, 6.07) is 3.26. The van der Waals surface area contributed by atoms with Gasteiger partial charge in [-0.15, -0.1) is 11.3 Å². The molecule has 0 spiro atoms. The van der Waals surface area contributed by atoms with Gasteiger partial charge < -0.3 is 5.32 Å². The fourth-order valence-electron chi connectivity index (χ4n) is 3.03. The van der Waals surface area contributed by atoms with Crippen LogP contribution in [0.5, 0.6) is 0 Å². The molecule has 3 amide bonds. The second kappa shape index (κ2) is 7.56. The summed E-state index contributed by atoms with van der Waals surface area (Å²) < 4.78 is 13.3. The third kappa shape index (κ3) is 3.99. The Kier molecular flexibility index (Phi) is 5.53. The first-order valence-electron chi connectivity index (χ1n) is 8.73. The number of thiazole rings is 1. The van der Waals surface area contributed by atoms with Gasteiger partial charge in [-0.25, -0.2) is 14.2 Å². The Bertz CT molecular complexity index is 886. The van der Waals surface area contributed by atoms with Crippen LogP contribution in [-0.2, 0) is 23.3 Å². The van der Waals surface area contributed by atoms with E-state index in [1.165, 1.54) is 23.5 Å². The maximum Gasteiger partial charge on any atom is 0.325 e. The van der Waals surface area contributed by atoms with Crippen molar-refractivity contribution < 1.29 is 14.0 Å². The molecular formula is C19H21ClFN3O2S. The highest BCUT2D eigenvalue weighted by Crippen LogP contribution is 2.34. The molecule has 0 saturated carbocycles. The number of benzene rings is 1. The zero-order chi connectivity index (χ0) is 19.8. The predicted molar refractivity (Wildman–Crippen MR) is 103 cm³/mol. The molecule has 27 heavy (non-hydrogen) atoms. The van der Waals surface area contributed by atoms with Crippen molar-refractivity contribution in [3.8, 4) is 0 Å². The number of carbonyl (C=O) groups excluding carboxylic acids is 2. The van der Waals surface area contributed by atoms with Crippen molar-refractivity contribution in [2.45, 2.75) is 45.7 Å². The van der Waals surface area contributed by atoms with Gasteiger partial charge in [-0.3, -0.25) is 9.69 Å². The lowest BCUT2D eigenvalue weighted by Crippen LogP contribution is -2.41. The van der Waals surface area contributed by atoms with Crippen LogP contribution in [-0.4, -0.2) is 21.8 Å². The zero-order valence-electron chi connectivity index (χ0n) is 15.4. The molecule has 1 saturated heterocycles. The van der Waals surface area contributed by atoms with Gasteiger partial charge in [0.1, 0.15) is 11.4 Å². The van der Waals surface area contributed by atoms with Gasteiger partial charge in [-0.05, 0) is 37.8 Å². The Labute approximate surface area is 166 Å². The van der Waals surface area contributed by atoms with Crippen LogP contribution in [0.4, 0.5) is 9.18 Å². The molecule has 1 unspecified atom stereocenters. The molecule has 1 atom stereocenters. The number of nitrogens with one attached hydrogen (secondary N) is 1. The third-order valence-electron chi connectivity index (χ3n) is 4.60. The summed E-state index contributed by atoms with van der Waals surface area (Å²) in [5, 5.41) is 5.64. The Morgan fingerprint density at radius 1 is 1.37 bits per heavy atom. The van der Waals surface area contributed by atoms with E-state index in [1.54, 1.807) is 6.92 Å². The topological polar surface area (TPSA) is 62.3 Å². The number of nitrogens with zero attached hydrogens (tertiary/aromatic N) is 2. The first-order valence-corrected chi connectivity index (χ1v) is 9.99. The van der Waals surface area contributed by atoms with Gasteiger partial charge in [0.15, 0.2) is 0 Å². The van der Waals surface area contributed by atoms with Gasteiger partial charge in [0, 0.05) is 16.0 Å². The molecule has 0 bridgehead atoms. The van der Waals surface area contributed by atoms with E-state index in [0.29, 0.717) is 17.2 Å². The van der Waals surface area contributed by atoms with Crippen molar-refractivity contribution in [3.05, 3.63) is 50.7 Å². The van der Waals surface area contributed by atoms with Crippen LogP contribution in [0.2, 0.25) is 5.02 Å². The average Bonchev–Trinajstić information content (AvgIpc) is 3.12. The van der Waals surface area contributed by atoms with Crippen LogP contribution in [0.1, 0.15) is 43.5 Å². The van der Waals surface area contributed by atoms with Crippen molar-refractivity contribution in [2.75, 3.05) is 0 Å². The lowest BCUT2D eigenvalue weighted by Gasteiger charge is -2.23. The Balaban J connectivity index is 1.78. The number of aryl methyl sites for hydroxylation is 1. The van der Waals surface area contributed by atoms with Crippen molar-refractivity contribution >= 4 is 34.9 Å². The smallest absolute Gasteiger partial charge is 0.319 e. The summed E-state index contributed by atoms with van der Waals surface area (Å²) in [7, 11) is 0. The second-order valence-corrected chi connectivity index (χ2v) is 8.59. The van der Waals surface area contributed by atoms with E-state index in [0.717, 1.165) is 28.8 Å². The Morgan fingerprint density at radius 3 is 2.78 bits per heavy atom. The summed E-state index contributed by atoms with van der Waals surface area (Å²) in [4.78, 5) is 31.1. The van der Waals surface area contributed by atoms with Gasteiger partial charge >= 0.3 is 6.03 Å². The number of urea groups is 1. The van der Waals surface area contributed by atoms with E-state index in [1.807, 2.05) is 5.38 Å². The molecule has 0 radical (unpaired) electrons. The lowest BCUT2D eigenvalue weighted by molar-refractivity contribution is -0.131. The zero-order valence-corrected chi connectivity index (χ0v) is 17.0. The molecule has 1 aromatic carbocycles. The highest BCUT2D eigenvalue weighted by molar-refractivity contribution is 7.09. The normalized spacial score (nSPS) is 19.9. The van der Waals surface area contributed by atoms with Gasteiger partial charge in [-0.2, -0.15) is 0 Å². The van der Waals surface area contributed by atoms with Crippen molar-refractivity contribution in [3.63, 3.8) is 0 Å². The van der Waals surface area contributed by atoms with Crippen molar-refractivity contribution in [2.24, 2.45) is 5.92 Å². The fraction of sp³-hybridized carbons (Fsp3) is 0.421. The summed E-state index contributed by atoms with van der Waals surface area (Å²) in [5.74, 6) is -0.348. The SMILES string of the molecule is CC(C)CCc1nc(CN2C(=O)NC(C)(c3ccc(F)cc3Cl)C2=O)cs1. The van der Waals surface area contributed by atoms with Crippen LogP contribution in [0.25, 0.3) is 0 Å². The van der Waals surface area contributed by atoms with E-state index in [-0.39, 0.29) is 11.6 Å². The van der Waals surface area contributed by atoms with Crippen LogP contribution >= 0.6 is 22.9 Å². The Hall–Kier alpha value is -1.99. The standard InChI is InChI=1S/C19H21ClFN3O2S/c1-11(2)4-7-16-22-13(10-27-16)9-24-17(25)19(3,23-18(24)26)14-6-5-12(21)8-15(14)20/h5-6,8,10-11H,4,7,9H2,1-3H3,(H,23,26). The molecule has 144 valence electrons. The maximum atomic E-state index is 13.3. The number of hydrogen-bond donors (Lipinski definition) is 1. The van der Waals surface area contributed by atoms with Crippen molar-refractivity contribution in [1.82, 2.24) is 15.2 Å². The molecular weight excluding hydrogens is 389 g/mol. The van der Waals surface area contributed by atoms with Crippen LogP contribution < -0.4 is 5.32 Å². The number of carbonyl (C=O) groups is 2. The largest absolute Gasteiger partial charge is 0.325 e. The molecule has 3 rings (SSSR count). The molecule has 1 N–H and O–H groups in total. The molecule has 1 fully saturated rings. The molecule has 8 heteroatoms. The van der Waals surface area contributed by atoms with Gasteiger partial charge in [0.25, 0.3) is 5.91 Å². The molecule has 1 aromatic heterocycles. The number of imide groups is 1. The highest BCUT2D eigenvalue weighted by Gasteiger charge is 2.50. The molecule has 0 aliphatic carbocycles. The fourth-order valence-corrected chi connectivity index (χ4v) is 4.19. The number of aromatic nitrogens is 1. The molecule has 2 aromatic rings. The van der Waals surface area contributed by atoms with E-state index in [9.17, 15) is 14.0 Å². The second-order valence-electron chi connectivity index (χ2n) is 7.24. The lowest BCUT2D eigenvalue weighted by atomic mass is 9.92. The van der Waals surface area contributed by atoms with E-state index in [4.69, 9.17) is 11.6 Å². The van der Waals surface area contributed by atoms with E-state index < -0.39 is 23.3 Å². The highest BCUT2D eigenvalue weighted by atomic mass is 35.5. The minimum atomic E-state index is -1.33. The van der Waals surface area contributed by atoms with Gasteiger partial charge in [-0.1, -0.05) is 31.5 Å². The summed E-state index contributed by atoms with van der Waals surface area (Å²) in [6.07, 6.45) is 1.92. The first-order chi connectivity index (χ1) is 12.7. The Morgan fingerprint density at radius 2 is 2.11 bits per heavy atom. The molecule has 1 aliphatic heterocycles. The first kappa shape index (κ1) is 19.8. The van der Waals surface area contributed by atoms with E-state index >= 15 is 0 Å². The summed E-state index contributed by atoms with van der Waals surface area (Å²) >= 11 is 7.65. The summed E-state index contributed by atoms with van der Waals surface area (Å²) in [6.45, 7) is 5.98. The maximum absolute atomic E-state index is 13.3. The van der Waals surface area contributed by atoms with E-state index in [2.05, 4.69) is 24.1 Å². The number of rotatable bonds is 6. The molecule has 2 heterocycles. The van der Waals surface area contributed by atoms with Crippen molar-refractivity contribution in [1.29, 1.82) is 0 Å². The molecule has 1 aliphatic rings. The minimum Gasteiger partial charge on any atom is -0.319 e. The van der Waals surface area contributed by atoms with Crippen LogP contribution in [0, 0.1) is 11.7 Å². The van der Waals surface area contributed by atoms with Crippen LogP contribution in [0.3, 0.4) is 0 Å². The summed E-state index contributed by atoms with van der Waals surface area (Å²) in [5.41, 5.74) is -0.294.